The van der Waals surface area contributed by atoms with E-state index in [1.54, 1.807) is 17.0 Å². The second-order valence-corrected chi connectivity index (χ2v) is 8.97. The van der Waals surface area contributed by atoms with Crippen molar-refractivity contribution in [2.45, 2.75) is 51.6 Å². The molecule has 0 saturated carbocycles. The zero-order valence-corrected chi connectivity index (χ0v) is 20.3. The van der Waals surface area contributed by atoms with Crippen molar-refractivity contribution < 1.29 is 23.8 Å². The summed E-state index contributed by atoms with van der Waals surface area (Å²) in [5.74, 6) is -0.691. The quantitative estimate of drug-likeness (QED) is 0.551. The number of benzene rings is 2. The number of aliphatic hydroxyl groups is 1. The summed E-state index contributed by atoms with van der Waals surface area (Å²) in [6, 6.07) is 12.6. The molecular weight excluding hydrogens is 435 g/mol. The number of likely N-dealkylation sites (tertiary alicyclic amines) is 1. The van der Waals surface area contributed by atoms with E-state index in [1.165, 1.54) is 20.1 Å². The lowest BCUT2D eigenvalue weighted by molar-refractivity contribution is -0.134. The maximum Gasteiger partial charge on any atom is 0.406 e. The Kier molecular flexibility index (Phi) is 8.67. The Hall–Kier alpha value is -2.93. The molecule has 7 heteroatoms. The van der Waals surface area contributed by atoms with Crippen LogP contribution in [0.4, 0.5) is 9.18 Å². The van der Waals surface area contributed by atoms with Gasteiger partial charge in [-0.15, -0.1) is 0 Å². The standard InChI is InChI=1S/C27H35FN2O4/c1-4-20-9-5-10-21(17-20)25-23(12-6-13-24(25)28)27(33,14-8-15-29-26(32)34-3)22-11-7-16-30(18-22)19(2)31/h5-6,9-10,12-13,17,22,33H,4,7-8,11,14-16,18H2,1-3H3,(H,29,32)/t22-,27+/m1/s1. The monoisotopic (exact) mass is 470 g/mol. The Morgan fingerprint density at radius 2 is 2.03 bits per heavy atom. The molecule has 2 atom stereocenters. The number of carbonyl (C=O) groups excluding carboxylic acids is 2. The van der Waals surface area contributed by atoms with Gasteiger partial charge in [-0.3, -0.25) is 4.79 Å². The van der Waals surface area contributed by atoms with E-state index >= 15 is 4.39 Å². The van der Waals surface area contributed by atoms with E-state index in [2.05, 4.69) is 10.1 Å². The molecule has 34 heavy (non-hydrogen) atoms. The topological polar surface area (TPSA) is 78.9 Å². The first kappa shape index (κ1) is 25.7. The normalized spacial score (nSPS) is 17.7. The molecule has 2 aromatic carbocycles. The molecule has 1 heterocycles. The summed E-state index contributed by atoms with van der Waals surface area (Å²) < 4.78 is 20.0. The number of hydrogen-bond donors (Lipinski definition) is 2. The molecule has 1 aliphatic rings. The molecule has 0 bridgehead atoms. The molecule has 2 aromatic rings. The molecule has 0 aliphatic carbocycles. The third kappa shape index (κ3) is 5.76. The van der Waals surface area contributed by atoms with Crippen molar-refractivity contribution in [1.29, 1.82) is 0 Å². The van der Waals surface area contributed by atoms with E-state index in [0.717, 1.165) is 30.4 Å². The highest BCUT2D eigenvalue weighted by Crippen LogP contribution is 2.44. The van der Waals surface area contributed by atoms with Gasteiger partial charge in [0.15, 0.2) is 0 Å². The minimum absolute atomic E-state index is 0.0329. The van der Waals surface area contributed by atoms with Crippen LogP contribution in [0.1, 0.15) is 50.7 Å². The maximum atomic E-state index is 15.4. The van der Waals surface area contributed by atoms with Gasteiger partial charge >= 0.3 is 6.09 Å². The smallest absolute Gasteiger partial charge is 0.406 e. The fraction of sp³-hybridized carbons (Fsp3) is 0.481. The molecule has 0 aromatic heterocycles. The highest BCUT2D eigenvalue weighted by Gasteiger charge is 2.42. The summed E-state index contributed by atoms with van der Waals surface area (Å²) in [6.07, 6.45) is 2.53. The SMILES string of the molecule is CCc1cccc(-c2c(F)cccc2[C@](O)(CCCNC(=O)OC)[C@@H]2CCCN(C(C)=O)C2)c1. The van der Waals surface area contributed by atoms with E-state index in [4.69, 9.17) is 0 Å². The Labute approximate surface area is 201 Å². The number of methoxy groups -OCH3 is 1. The molecular formula is C27H35FN2O4. The number of nitrogens with one attached hydrogen (secondary N) is 1. The maximum absolute atomic E-state index is 15.4. The number of nitrogens with zero attached hydrogens (tertiary/aromatic N) is 1. The Morgan fingerprint density at radius 1 is 1.26 bits per heavy atom. The number of amides is 2. The van der Waals surface area contributed by atoms with Gasteiger partial charge in [0.05, 0.1) is 12.7 Å². The predicted octanol–water partition coefficient (Wildman–Crippen LogP) is 4.64. The van der Waals surface area contributed by atoms with Crippen LogP contribution in [-0.2, 0) is 21.6 Å². The molecule has 2 N–H and O–H groups in total. The van der Waals surface area contributed by atoms with E-state index in [-0.39, 0.29) is 11.8 Å². The van der Waals surface area contributed by atoms with Crippen LogP contribution in [-0.4, -0.2) is 48.8 Å². The van der Waals surface area contributed by atoms with Crippen LogP contribution in [0.15, 0.2) is 42.5 Å². The van der Waals surface area contributed by atoms with E-state index in [9.17, 15) is 14.7 Å². The minimum atomic E-state index is -1.38. The summed E-state index contributed by atoms with van der Waals surface area (Å²) in [7, 11) is 1.30. The summed E-state index contributed by atoms with van der Waals surface area (Å²) >= 11 is 0. The molecule has 0 spiro atoms. The van der Waals surface area contributed by atoms with Crippen LogP contribution < -0.4 is 5.32 Å². The van der Waals surface area contributed by atoms with Gasteiger partial charge in [-0.25, -0.2) is 9.18 Å². The number of rotatable bonds is 8. The van der Waals surface area contributed by atoms with Gasteiger partial charge in [0, 0.05) is 38.0 Å². The van der Waals surface area contributed by atoms with E-state index in [1.807, 2.05) is 31.2 Å². The molecule has 0 radical (unpaired) electrons. The lowest BCUT2D eigenvalue weighted by Crippen LogP contribution is -2.48. The zero-order chi connectivity index (χ0) is 24.7. The van der Waals surface area contributed by atoms with Crippen molar-refractivity contribution in [3.8, 4) is 11.1 Å². The lowest BCUT2D eigenvalue weighted by Gasteiger charge is -2.43. The molecule has 3 rings (SSSR count). The van der Waals surface area contributed by atoms with Crippen molar-refractivity contribution in [3.63, 3.8) is 0 Å². The number of alkyl carbamates (subject to hydrolysis) is 1. The van der Waals surface area contributed by atoms with E-state index in [0.29, 0.717) is 43.6 Å². The molecule has 1 saturated heterocycles. The van der Waals surface area contributed by atoms with Crippen LogP contribution >= 0.6 is 0 Å². The Morgan fingerprint density at radius 3 is 2.74 bits per heavy atom. The van der Waals surface area contributed by atoms with Crippen molar-refractivity contribution in [2.24, 2.45) is 5.92 Å². The van der Waals surface area contributed by atoms with Crippen molar-refractivity contribution in [2.75, 3.05) is 26.7 Å². The van der Waals surface area contributed by atoms with Crippen LogP contribution in [0, 0.1) is 11.7 Å². The molecule has 1 aliphatic heterocycles. The number of carbonyl (C=O) groups is 2. The van der Waals surface area contributed by atoms with Gasteiger partial charge in [0.1, 0.15) is 5.82 Å². The number of hydrogen-bond acceptors (Lipinski definition) is 4. The largest absolute Gasteiger partial charge is 0.453 e. The minimum Gasteiger partial charge on any atom is -0.453 e. The van der Waals surface area contributed by atoms with Gasteiger partial charge < -0.3 is 20.1 Å². The molecule has 1 fully saturated rings. The van der Waals surface area contributed by atoms with Crippen LogP contribution in [0.25, 0.3) is 11.1 Å². The molecule has 184 valence electrons. The first-order valence-electron chi connectivity index (χ1n) is 12.0. The molecule has 2 amide bonds. The number of halogens is 1. The fourth-order valence-electron chi connectivity index (χ4n) is 4.96. The fourth-order valence-corrected chi connectivity index (χ4v) is 4.96. The third-order valence-electron chi connectivity index (χ3n) is 6.84. The van der Waals surface area contributed by atoms with Crippen molar-refractivity contribution in [1.82, 2.24) is 10.2 Å². The highest BCUT2D eigenvalue weighted by molar-refractivity contribution is 5.73. The second kappa shape index (κ2) is 11.5. The van der Waals surface area contributed by atoms with Gasteiger partial charge in [0.2, 0.25) is 5.91 Å². The average molecular weight is 471 g/mol. The van der Waals surface area contributed by atoms with Crippen LogP contribution in [0.2, 0.25) is 0 Å². The van der Waals surface area contributed by atoms with Crippen LogP contribution in [0.5, 0.6) is 0 Å². The van der Waals surface area contributed by atoms with Gasteiger partial charge in [-0.1, -0.05) is 43.3 Å². The second-order valence-electron chi connectivity index (χ2n) is 8.97. The number of ether oxygens (including phenoxy) is 1. The predicted molar refractivity (Wildman–Crippen MR) is 130 cm³/mol. The zero-order valence-electron chi connectivity index (χ0n) is 20.3. The van der Waals surface area contributed by atoms with Crippen molar-refractivity contribution in [3.05, 3.63) is 59.4 Å². The first-order chi connectivity index (χ1) is 16.3. The number of piperidine rings is 1. The number of aryl methyl sites for hydroxylation is 1. The highest BCUT2D eigenvalue weighted by atomic mass is 19.1. The summed E-state index contributed by atoms with van der Waals surface area (Å²) in [5, 5.41) is 14.9. The van der Waals surface area contributed by atoms with E-state index < -0.39 is 17.5 Å². The summed E-state index contributed by atoms with van der Waals surface area (Å²) in [4.78, 5) is 25.3. The molecule has 6 nitrogen and oxygen atoms in total. The van der Waals surface area contributed by atoms with Gasteiger partial charge in [0.25, 0.3) is 0 Å². The summed E-state index contributed by atoms with van der Waals surface area (Å²) in [6.45, 7) is 4.95. The lowest BCUT2D eigenvalue weighted by atomic mass is 9.72. The Balaban J connectivity index is 2.04. The van der Waals surface area contributed by atoms with Crippen molar-refractivity contribution >= 4 is 12.0 Å². The third-order valence-corrected chi connectivity index (χ3v) is 6.84. The average Bonchev–Trinajstić information content (AvgIpc) is 2.86. The first-order valence-corrected chi connectivity index (χ1v) is 12.0. The Bertz CT molecular complexity index is 1010. The molecule has 0 unspecified atom stereocenters. The van der Waals surface area contributed by atoms with Crippen LogP contribution in [0.3, 0.4) is 0 Å². The van der Waals surface area contributed by atoms with Gasteiger partial charge in [-0.05, 0) is 54.9 Å². The van der Waals surface area contributed by atoms with Gasteiger partial charge in [-0.2, -0.15) is 0 Å². The summed E-state index contributed by atoms with van der Waals surface area (Å²) in [5.41, 5.74) is 1.33.